The predicted molar refractivity (Wildman–Crippen MR) is 70.9 cm³/mol. The molecule has 1 unspecified atom stereocenters. The largest absolute Gasteiger partial charge is 0.313 e. The monoisotopic (exact) mass is 233 g/mol. The van der Waals surface area contributed by atoms with E-state index in [4.69, 9.17) is 0 Å². The van der Waals surface area contributed by atoms with Gasteiger partial charge in [-0.3, -0.25) is 9.88 Å². The van der Waals surface area contributed by atoms with Crippen LogP contribution in [0.15, 0.2) is 18.5 Å². The van der Waals surface area contributed by atoms with Crippen molar-refractivity contribution in [3.8, 4) is 0 Å². The van der Waals surface area contributed by atoms with Gasteiger partial charge in [0.15, 0.2) is 0 Å². The standard InChI is InChI=1S/C14H23N3/c1-3-14-11-17(6-4-5-16-14)10-13-7-12(2)8-15-9-13/h7-9,14,16H,3-6,10-11H2,1-2H3. The van der Waals surface area contributed by atoms with Crippen LogP contribution in [0.4, 0.5) is 0 Å². The molecule has 1 aromatic heterocycles. The molecule has 94 valence electrons. The third-order valence-electron chi connectivity index (χ3n) is 3.39. The highest BCUT2D eigenvalue weighted by atomic mass is 15.2. The van der Waals surface area contributed by atoms with Crippen molar-refractivity contribution in [1.82, 2.24) is 15.2 Å². The Labute approximate surface area is 104 Å². The summed E-state index contributed by atoms with van der Waals surface area (Å²) in [7, 11) is 0. The maximum Gasteiger partial charge on any atom is 0.0313 e. The Hall–Kier alpha value is -0.930. The number of nitrogens with one attached hydrogen (secondary N) is 1. The molecule has 0 aromatic carbocycles. The lowest BCUT2D eigenvalue weighted by Crippen LogP contribution is -2.36. The van der Waals surface area contributed by atoms with Crippen molar-refractivity contribution in [2.24, 2.45) is 0 Å². The molecule has 0 amide bonds. The second kappa shape index (κ2) is 6.12. The molecule has 0 bridgehead atoms. The number of aryl methyl sites for hydroxylation is 1. The fraction of sp³-hybridized carbons (Fsp3) is 0.643. The molecular weight excluding hydrogens is 210 g/mol. The van der Waals surface area contributed by atoms with Crippen LogP contribution in [0.1, 0.15) is 30.9 Å². The summed E-state index contributed by atoms with van der Waals surface area (Å²) in [4.78, 5) is 6.82. The van der Waals surface area contributed by atoms with Crippen LogP contribution in [0.3, 0.4) is 0 Å². The first kappa shape index (κ1) is 12.5. The molecule has 17 heavy (non-hydrogen) atoms. The number of hydrogen-bond acceptors (Lipinski definition) is 3. The van der Waals surface area contributed by atoms with Crippen LogP contribution in [-0.2, 0) is 6.54 Å². The van der Waals surface area contributed by atoms with E-state index in [2.05, 4.69) is 35.1 Å². The van der Waals surface area contributed by atoms with E-state index in [9.17, 15) is 0 Å². The van der Waals surface area contributed by atoms with Crippen LogP contribution in [0.2, 0.25) is 0 Å². The molecule has 1 saturated heterocycles. The molecular formula is C14H23N3. The van der Waals surface area contributed by atoms with E-state index in [-0.39, 0.29) is 0 Å². The van der Waals surface area contributed by atoms with E-state index >= 15 is 0 Å². The van der Waals surface area contributed by atoms with Gasteiger partial charge in [0.1, 0.15) is 0 Å². The second-order valence-electron chi connectivity index (χ2n) is 5.02. The van der Waals surface area contributed by atoms with Crippen LogP contribution < -0.4 is 5.32 Å². The molecule has 1 aliphatic rings. The van der Waals surface area contributed by atoms with Crippen LogP contribution >= 0.6 is 0 Å². The van der Waals surface area contributed by atoms with Crippen molar-refractivity contribution in [3.63, 3.8) is 0 Å². The van der Waals surface area contributed by atoms with Gasteiger partial charge in [0.25, 0.3) is 0 Å². The first-order valence-corrected chi connectivity index (χ1v) is 6.64. The Morgan fingerprint density at radius 3 is 3.12 bits per heavy atom. The van der Waals surface area contributed by atoms with Crippen molar-refractivity contribution < 1.29 is 0 Å². The summed E-state index contributed by atoms with van der Waals surface area (Å²) >= 11 is 0. The normalized spacial score (nSPS) is 22.4. The van der Waals surface area contributed by atoms with Crippen LogP contribution in [0.5, 0.6) is 0 Å². The molecule has 2 heterocycles. The highest BCUT2D eigenvalue weighted by Crippen LogP contribution is 2.10. The molecule has 1 aliphatic heterocycles. The number of pyridine rings is 1. The average Bonchev–Trinajstić information content (AvgIpc) is 2.54. The molecule has 1 atom stereocenters. The molecule has 2 rings (SSSR count). The van der Waals surface area contributed by atoms with E-state index in [0.717, 1.165) is 19.6 Å². The van der Waals surface area contributed by atoms with Crippen molar-refractivity contribution in [2.75, 3.05) is 19.6 Å². The number of aromatic nitrogens is 1. The summed E-state index contributed by atoms with van der Waals surface area (Å²) in [5, 5.41) is 3.60. The second-order valence-corrected chi connectivity index (χ2v) is 5.02. The summed E-state index contributed by atoms with van der Waals surface area (Å²) in [5.74, 6) is 0. The van der Waals surface area contributed by atoms with Gasteiger partial charge in [0.05, 0.1) is 0 Å². The molecule has 3 heteroatoms. The van der Waals surface area contributed by atoms with Crippen molar-refractivity contribution in [3.05, 3.63) is 29.6 Å². The lowest BCUT2D eigenvalue weighted by Gasteiger charge is -2.23. The lowest BCUT2D eigenvalue weighted by atomic mass is 10.2. The van der Waals surface area contributed by atoms with Gasteiger partial charge in [-0.25, -0.2) is 0 Å². The van der Waals surface area contributed by atoms with Gasteiger partial charge >= 0.3 is 0 Å². The SMILES string of the molecule is CCC1CN(Cc2cncc(C)c2)CCCN1. The predicted octanol–water partition coefficient (Wildman–Crippen LogP) is 1.96. The minimum atomic E-state index is 0.648. The van der Waals surface area contributed by atoms with E-state index in [1.807, 2.05) is 12.4 Å². The minimum absolute atomic E-state index is 0.648. The van der Waals surface area contributed by atoms with Gasteiger partial charge in [-0.2, -0.15) is 0 Å². The third-order valence-corrected chi connectivity index (χ3v) is 3.39. The van der Waals surface area contributed by atoms with Gasteiger partial charge < -0.3 is 5.32 Å². The number of rotatable bonds is 3. The first-order chi connectivity index (χ1) is 8.28. The molecule has 0 saturated carbocycles. The third kappa shape index (κ3) is 3.79. The zero-order valence-corrected chi connectivity index (χ0v) is 10.9. The van der Waals surface area contributed by atoms with Crippen LogP contribution in [0, 0.1) is 6.92 Å². The molecule has 3 nitrogen and oxygen atoms in total. The summed E-state index contributed by atoms with van der Waals surface area (Å²) in [6, 6.07) is 2.89. The molecule has 0 radical (unpaired) electrons. The molecule has 1 N–H and O–H groups in total. The summed E-state index contributed by atoms with van der Waals surface area (Å²) in [6.07, 6.45) is 6.37. The summed E-state index contributed by atoms with van der Waals surface area (Å²) in [5.41, 5.74) is 2.59. The Morgan fingerprint density at radius 1 is 1.47 bits per heavy atom. The Bertz CT molecular complexity index is 351. The fourth-order valence-electron chi connectivity index (χ4n) is 2.46. The van der Waals surface area contributed by atoms with Crippen molar-refractivity contribution in [1.29, 1.82) is 0 Å². The first-order valence-electron chi connectivity index (χ1n) is 6.64. The average molecular weight is 233 g/mol. The van der Waals surface area contributed by atoms with Gasteiger partial charge in [-0.1, -0.05) is 13.0 Å². The summed E-state index contributed by atoms with van der Waals surface area (Å²) in [6.45, 7) is 8.90. The molecule has 0 spiro atoms. The van der Waals surface area contributed by atoms with Crippen molar-refractivity contribution >= 4 is 0 Å². The Morgan fingerprint density at radius 2 is 2.35 bits per heavy atom. The molecule has 1 fully saturated rings. The topological polar surface area (TPSA) is 28.2 Å². The van der Waals surface area contributed by atoms with Gasteiger partial charge in [0.2, 0.25) is 0 Å². The molecule has 1 aromatic rings. The zero-order valence-electron chi connectivity index (χ0n) is 10.9. The van der Waals surface area contributed by atoms with E-state index in [1.165, 1.54) is 30.5 Å². The number of nitrogens with zero attached hydrogens (tertiary/aromatic N) is 2. The van der Waals surface area contributed by atoms with E-state index < -0.39 is 0 Å². The van der Waals surface area contributed by atoms with Crippen molar-refractivity contribution in [2.45, 2.75) is 39.3 Å². The van der Waals surface area contributed by atoms with Crippen LogP contribution in [-0.4, -0.2) is 35.6 Å². The van der Waals surface area contributed by atoms with E-state index in [0.29, 0.717) is 6.04 Å². The Balaban J connectivity index is 1.97. The fourth-order valence-corrected chi connectivity index (χ4v) is 2.46. The van der Waals surface area contributed by atoms with Gasteiger partial charge in [-0.15, -0.1) is 0 Å². The molecule has 0 aliphatic carbocycles. The quantitative estimate of drug-likeness (QED) is 0.865. The van der Waals surface area contributed by atoms with E-state index in [1.54, 1.807) is 0 Å². The highest BCUT2D eigenvalue weighted by molar-refractivity contribution is 5.16. The van der Waals surface area contributed by atoms with Crippen LogP contribution in [0.25, 0.3) is 0 Å². The smallest absolute Gasteiger partial charge is 0.0313 e. The maximum atomic E-state index is 4.27. The van der Waals surface area contributed by atoms with Gasteiger partial charge in [0, 0.05) is 31.5 Å². The number of hydrogen-bond donors (Lipinski definition) is 1. The lowest BCUT2D eigenvalue weighted by molar-refractivity contribution is 0.257. The Kier molecular flexibility index (Phi) is 4.51. The highest BCUT2D eigenvalue weighted by Gasteiger charge is 2.16. The van der Waals surface area contributed by atoms with Gasteiger partial charge in [-0.05, 0) is 44.0 Å². The summed E-state index contributed by atoms with van der Waals surface area (Å²) < 4.78 is 0. The zero-order chi connectivity index (χ0) is 12.1. The maximum absolute atomic E-state index is 4.27. The minimum Gasteiger partial charge on any atom is -0.313 e.